The summed E-state index contributed by atoms with van der Waals surface area (Å²) in [4.78, 5) is 4.50. The van der Waals surface area contributed by atoms with Gasteiger partial charge in [0.15, 0.2) is 0 Å². The number of hydrogen-bond acceptors (Lipinski definition) is 2. The maximum Gasteiger partial charge on any atom is 0.0652 e. The Morgan fingerprint density at radius 1 is 1.18 bits per heavy atom. The minimum absolute atomic E-state index is 0.161. The quantitative estimate of drug-likeness (QED) is 0.848. The summed E-state index contributed by atoms with van der Waals surface area (Å²) >= 11 is 0. The van der Waals surface area contributed by atoms with Gasteiger partial charge >= 0.3 is 0 Å². The molecule has 92 valence electrons. The van der Waals surface area contributed by atoms with Gasteiger partial charge < -0.3 is 5.11 Å². The first kappa shape index (κ1) is 11.2. The second-order valence-corrected chi connectivity index (χ2v) is 5.58. The Bertz CT molecular complexity index is 384. The zero-order chi connectivity index (χ0) is 11.7. The molecule has 2 atom stereocenters. The van der Waals surface area contributed by atoms with Crippen molar-refractivity contribution in [2.24, 2.45) is 5.92 Å². The Morgan fingerprint density at radius 3 is 2.82 bits per heavy atom. The minimum Gasteiger partial charge on any atom is -0.392 e. The fourth-order valence-corrected chi connectivity index (χ4v) is 3.58. The van der Waals surface area contributed by atoms with E-state index in [2.05, 4.69) is 11.1 Å². The summed E-state index contributed by atoms with van der Waals surface area (Å²) < 4.78 is 0. The Kier molecular flexibility index (Phi) is 3.15. The molecular weight excluding hydrogens is 210 g/mol. The van der Waals surface area contributed by atoms with Crippen molar-refractivity contribution in [1.29, 1.82) is 0 Å². The SMILES string of the molecule is OC(C1CCCCC1)C1CCc2cccnc21. The van der Waals surface area contributed by atoms with Crippen LogP contribution >= 0.6 is 0 Å². The molecule has 2 heteroatoms. The lowest BCUT2D eigenvalue weighted by atomic mass is 9.79. The van der Waals surface area contributed by atoms with Gasteiger partial charge in [0, 0.05) is 17.8 Å². The third-order valence-electron chi connectivity index (χ3n) is 4.55. The van der Waals surface area contributed by atoms with Gasteiger partial charge in [-0.2, -0.15) is 0 Å². The Balaban J connectivity index is 1.76. The highest BCUT2D eigenvalue weighted by Crippen LogP contribution is 2.39. The number of aliphatic hydroxyl groups excluding tert-OH is 1. The third kappa shape index (κ3) is 2.11. The molecule has 1 fully saturated rings. The Hall–Kier alpha value is -0.890. The molecule has 17 heavy (non-hydrogen) atoms. The molecule has 1 aromatic rings. The van der Waals surface area contributed by atoms with Crippen LogP contribution in [0.5, 0.6) is 0 Å². The largest absolute Gasteiger partial charge is 0.392 e. The normalized spacial score (nSPS) is 26.8. The molecule has 0 radical (unpaired) electrons. The lowest BCUT2D eigenvalue weighted by Crippen LogP contribution is -2.28. The van der Waals surface area contributed by atoms with Gasteiger partial charge in [0.2, 0.25) is 0 Å². The van der Waals surface area contributed by atoms with Gasteiger partial charge in [0.05, 0.1) is 6.10 Å². The number of nitrogens with zero attached hydrogens (tertiary/aromatic N) is 1. The van der Waals surface area contributed by atoms with Crippen molar-refractivity contribution >= 4 is 0 Å². The van der Waals surface area contributed by atoms with E-state index in [-0.39, 0.29) is 6.10 Å². The molecule has 0 aromatic carbocycles. The summed E-state index contributed by atoms with van der Waals surface area (Å²) in [6, 6.07) is 4.17. The smallest absolute Gasteiger partial charge is 0.0652 e. The van der Waals surface area contributed by atoms with Gasteiger partial charge in [-0.05, 0) is 43.2 Å². The first-order valence-electron chi connectivity index (χ1n) is 6.98. The van der Waals surface area contributed by atoms with Crippen molar-refractivity contribution in [3.63, 3.8) is 0 Å². The molecule has 0 bridgehead atoms. The van der Waals surface area contributed by atoms with Crippen LogP contribution in [0.2, 0.25) is 0 Å². The van der Waals surface area contributed by atoms with Crippen LogP contribution in [-0.4, -0.2) is 16.2 Å². The number of fused-ring (bicyclic) bond motifs is 1. The molecule has 0 aliphatic heterocycles. The summed E-state index contributed by atoms with van der Waals surface area (Å²) in [5.74, 6) is 0.816. The van der Waals surface area contributed by atoms with Crippen LogP contribution in [0.1, 0.15) is 55.7 Å². The Morgan fingerprint density at radius 2 is 2.00 bits per heavy atom. The van der Waals surface area contributed by atoms with Crippen LogP contribution in [0.25, 0.3) is 0 Å². The number of rotatable bonds is 2. The molecule has 0 amide bonds. The average Bonchev–Trinajstić information content (AvgIpc) is 2.83. The molecule has 3 rings (SSSR count). The third-order valence-corrected chi connectivity index (χ3v) is 4.55. The summed E-state index contributed by atoms with van der Waals surface area (Å²) in [6.45, 7) is 0. The van der Waals surface area contributed by atoms with E-state index < -0.39 is 0 Å². The van der Waals surface area contributed by atoms with E-state index in [1.54, 1.807) is 0 Å². The predicted molar refractivity (Wildman–Crippen MR) is 67.9 cm³/mol. The minimum atomic E-state index is -0.161. The second kappa shape index (κ2) is 4.77. The van der Waals surface area contributed by atoms with Gasteiger partial charge in [-0.3, -0.25) is 4.98 Å². The van der Waals surface area contributed by atoms with Crippen LogP contribution in [0.4, 0.5) is 0 Å². The van der Waals surface area contributed by atoms with Gasteiger partial charge in [-0.15, -0.1) is 0 Å². The van der Waals surface area contributed by atoms with Crippen molar-refractivity contribution in [2.75, 3.05) is 0 Å². The van der Waals surface area contributed by atoms with E-state index in [0.29, 0.717) is 11.8 Å². The molecule has 2 unspecified atom stereocenters. The van der Waals surface area contributed by atoms with Crippen LogP contribution in [0, 0.1) is 5.92 Å². The molecule has 2 aliphatic rings. The predicted octanol–water partition coefficient (Wildman–Crippen LogP) is 3.05. The van der Waals surface area contributed by atoms with Crippen molar-refractivity contribution in [3.8, 4) is 0 Å². The number of aromatic nitrogens is 1. The monoisotopic (exact) mass is 231 g/mol. The summed E-state index contributed by atoms with van der Waals surface area (Å²) in [5, 5.41) is 10.6. The topological polar surface area (TPSA) is 33.1 Å². The number of pyridine rings is 1. The second-order valence-electron chi connectivity index (χ2n) is 5.58. The fourth-order valence-electron chi connectivity index (χ4n) is 3.58. The maximum atomic E-state index is 10.6. The van der Waals surface area contributed by atoms with E-state index in [1.165, 1.54) is 43.4 Å². The van der Waals surface area contributed by atoms with E-state index in [1.807, 2.05) is 12.3 Å². The van der Waals surface area contributed by atoms with Crippen molar-refractivity contribution in [3.05, 3.63) is 29.6 Å². The van der Waals surface area contributed by atoms with E-state index in [9.17, 15) is 5.11 Å². The molecule has 0 spiro atoms. The molecule has 2 aliphatic carbocycles. The molecule has 0 saturated heterocycles. The van der Waals surface area contributed by atoms with E-state index in [4.69, 9.17) is 0 Å². The first-order valence-corrected chi connectivity index (χ1v) is 6.98. The molecule has 2 nitrogen and oxygen atoms in total. The number of aliphatic hydroxyl groups is 1. The van der Waals surface area contributed by atoms with Crippen LogP contribution in [-0.2, 0) is 6.42 Å². The lowest BCUT2D eigenvalue weighted by molar-refractivity contribution is 0.0595. The summed E-state index contributed by atoms with van der Waals surface area (Å²) in [7, 11) is 0. The molecule has 1 N–H and O–H groups in total. The van der Waals surface area contributed by atoms with Crippen LogP contribution in [0.3, 0.4) is 0 Å². The Labute approximate surface area is 103 Å². The molecule has 1 aromatic heterocycles. The standard InChI is InChI=1S/C15H21NO/c17-15(12-5-2-1-3-6-12)13-9-8-11-7-4-10-16-14(11)13/h4,7,10,12-13,15,17H,1-3,5-6,8-9H2. The lowest BCUT2D eigenvalue weighted by Gasteiger charge is -2.30. The van der Waals surface area contributed by atoms with Crippen molar-refractivity contribution in [1.82, 2.24) is 4.98 Å². The zero-order valence-corrected chi connectivity index (χ0v) is 10.3. The average molecular weight is 231 g/mol. The highest BCUT2D eigenvalue weighted by Gasteiger charge is 2.34. The van der Waals surface area contributed by atoms with Gasteiger partial charge in [0.1, 0.15) is 0 Å². The van der Waals surface area contributed by atoms with Crippen molar-refractivity contribution < 1.29 is 5.11 Å². The van der Waals surface area contributed by atoms with E-state index >= 15 is 0 Å². The highest BCUT2D eigenvalue weighted by atomic mass is 16.3. The number of aryl methyl sites for hydroxylation is 1. The first-order chi connectivity index (χ1) is 8.36. The van der Waals surface area contributed by atoms with Crippen molar-refractivity contribution in [2.45, 2.75) is 57.0 Å². The van der Waals surface area contributed by atoms with Crippen LogP contribution in [0.15, 0.2) is 18.3 Å². The highest BCUT2D eigenvalue weighted by molar-refractivity contribution is 5.29. The van der Waals surface area contributed by atoms with Gasteiger partial charge in [-0.25, -0.2) is 0 Å². The molecular formula is C15H21NO. The maximum absolute atomic E-state index is 10.6. The van der Waals surface area contributed by atoms with Gasteiger partial charge in [-0.1, -0.05) is 25.3 Å². The van der Waals surface area contributed by atoms with E-state index in [0.717, 1.165) is 12.8 Å². The summed E-state index contributed by atoms with van der Waals surface area (Å²) in [5.41, 5.74) is 2.53. The summed E-state index contributed by atoms with van der Waals surface area (Å²) in [6.07, 6.45) is 10.2. The fraction of sp³-hybridized carbons (Fsp3) is 0.667. The zero-order valence-electron chi connectivity index (χ0n) is 10.3. The number of hydrogen-bond donors (Lipinski definition) is 1. The molecule has 1 heterocycles. The van der Waals surface area contributed by atoms with Gasteiger partial charge in [0.25, 0.3) is 0 Å². The van der Waals surface area contributed by atoms with Crippen LogP contribution < -0.4 is 0 Å². The molecule has 1 saturated carbocycles.